The molecule has 1 saturated heterocycles. The Morgan fingerprint density at radius 3 is 2.77 bits per heavy atom. The van der Waals surface area contributed by atoms with Crippen molar-refractivity contribution in [1.29, 1.82) is 0 Å². The summed E-state index contributed by atoms with van der Waals surface area (Å²) >= 11 is 7.59. The second-order valence-electron chi connectivity index (χ2n) is 6.30. The van der Waals surface area contributed by atoms with Gasteiger partial charge in [0, 0.05) is 37.2 Å². The average Bonchev–Trinajstić information content (AvgIpc) is 2.63. The molecule has 1 atom stereocenters. The number of thioether (sulfide) groups is 1. The maximum Gasteiger partial charge on any atom is 0.308 e. The molecule has 0 bridgehead atoms. The van der Waals surface area contributed by atoms with Crippen molar-refractivity contribution in [2.75, 3.05) is 32.4 Å². The molecule has 6 nitrogen and oxygen atoms in total. The molecule has 26 heavy (non-hydrogen) atoms. The summed E-state index contributed by atoms with van der Waals surface area (Å²) in [6, 6.07) is 7.45. The summed E-state index contributed by atoms with van der Waals surface area (Å²) in [5.74, 6) is -1.13. The molecule has 0 radical (unpaired) electrons. The number of likely N-dealkylation sites (tertiary alicyclic amines) is 1. The Balaban J connectivity index is 1.76. The normalized spacial score (nSPS) is 17.0. The van der Waals surface area contributed by atoms with Gasteiger partial charge in [0.1, 0.15) is 0 Å². The summed E-state index contributed by atoms with van der Waals surface area (Å²) in [4.78, 5) is 39.5. The number of amides is 2. The molecule has 2 amide bonds. The molecule has 0 saturated carbocycles. The molecule has 0 aromatic heterocycles. The first kappa shape index (κ1) is 20.6. The summed E-state index contributed by atoms with van der Waals surface area (Å²) in [5, 5.41) is 9.76. The first-order valence-corrected chi connectivity index (χ1v) is 9.86. The van der Waals surface area contributed by atoms with Crippen molar-refractivity contribution in [2.45, 2.75) is 24.2 Å². The van der Waals surface area contributed by atoms with E-state index in [9.17, 15) is 14.4 Å². The lowest BCUT2D eigenvalue weighted by Crippen LogP contribution is -2.46. The van der Waals surface area contributed by atoms with Crippen molar-refractivity contribution in [3.8, 4) is 0 Å². The van der Waals surface area contributed by atoms with Gasteiger partial charge in [-0.3, -0.25) is 14.4 Å². The Morgan fingerprint density at radius 1 is 1.35 bits per heavy atom. The van der Waals surface area contributed by atoms with E-state index >= 15 is 0 Å². The fourth-order valence-corrected chi connectivity index (χ4v) is 3.97. The molecule has 1 aliphatic rings. The zero-order valence-electron chi connectivity index (χ0n) is 14.7. The molecule has 1 aliphatic heterocycles. The minimum atomic E-state index is -0.872. The van der Waals surface area contributed by atoms with Crippen LogP contribution in [-0.4, -0.2) is 65.1 Å². The summed E-state index contributed by atoms with van der Waals surface area (Å²) in [5.41, 5.74) is 0. The van der Waals surface area contributed by atoms with E-state index in [0.29, 0.717) is 36.6 Å². The average molecular weight is 399 g/mol. The largest absolute Gasteiger partial charge is 0.481 e. The smallest absolute Gasteiger partial charge is 0.308 e. The van der Waals surface area contributed by atoms with E-state index in [-0.39, 0.29) is 24.9 Å². The number of carboxylic acid groups (broad SMARTS) is 1. The van der Waals surface area contributed by atoms with E-state index in [4.69, 9.17) is 16.7 Å². The Labute approximate surface area is 162 Å². The van der Waals surface area contributed by atoms with Crippen molar-refractivity contribution < 1.29 is 19.5 Å². The van der Waals surface area contributed by atoms with Gasteiger partial charge in [-0.1, -0.05) is 23.7 Å². The van der Waals surface area contributed by atoms with Crippen molar-refractivity contribution in [2.24, 2.45) is 5.92 Å². The van der Waals surface area contributed by atoms with Crippen molar-refractivity contribution in [3.63, 3.8) is 0 Å². The van der Waals surface area contributed by atoms with Gasteiger partial charge in [0.15, 0.2) is 0 Å². The van der Waals surface area contributed by atoms with Crippen LogP contribution < -0.4 is 0 Å². The SMILES string of the molecule is CN(CC(=O)N1CCCC(C(=O)O)C1)C(=O)CCSc1ccccc1Cl. The third kappa shape index (κ3) is 5.92. The Kier molecular flexibility index (Phi) is 7.78. The third-order valence-corrected chi connectivity index (χ3v) is 5.85. The van der Waals surface area contributed by atoms with Gasteiger partial charge in [-0.25, -0.2) is 0 Å². The van der Waals surface area contributed by atoms with E-state index in [1.54, 1.807) is 18.0 Å². The van der Waals surface area contributed by atoms with E-state index in [1.807, 2.05) is 18.2 Å². The van der Waals surface area contributed by atoms with Crippen LogP contribution in [0.4, 0.5) is 0 Å². The highest BCUT2D eigenvalue weighted by Gasteiger charge is 2.28. The number of carbonyl (C=O) groups excluding carboxylic acids is 2. The zero-order chi connectivity index (χ0) is 19.1. The molecule has 1 N–H and O–H groups in total. The zero-order valence-corrected chi connectivity index (χ0v) is 16.3. The van der Waals surface area contributed by atoms with E-state index in [2.05, 4.69) is 0 Å². The number of carbonyl (C=O) groups is 3. The lowest BCUT2D eigenvalue weighted by molar-refractivity contribution is -0.147. The number of rotatable bonds is 7. The van der Waals surface area contributed by atoms with Gasteiger partial charge >= 0.3 is 5.97 Å². The lowest BCUT2D eigenvalue weighted by atomic mass is 9.98. The highest BCUT2D eigenvalue weighted by Crippen LogP contribution is 2.27. The fraction of sp³-hybridized carbons (Fsp3) is 0.500. The summed E-state index contributed by atoms with van der Waals surface area (Å²) in [6.07, 6.45) is 1.57. The van der Waals surface area contributed by atoms with Gasteiger partial charge in [0.2, 0.25) is 11.8 Å². The molecule has 142 valence electrons. The molecular formula is C18H23ClN2O4S. The molecule has 1 aromatic carbocycles. The number of hydrogen-bond donors (Lipinski definition) is 1. The molecule has 1 unspecified atom stereocenters. The van der Waals surface area contributed by atoms with Gasteiger partial charge in [0.25, 0.3) is 0 Å². The van der Waals surface area contributed by atoms with Crippen LogP contribution in [0.2, 0.25) is 5.02 Å². The summed E-state index contributed by atoms with van der Waals surface area (Å²) in [7, 11) is 1.60. The highest BCUT2D eigenvalue weighted by atomic mass is 35.5. The van der Waals surface area contributed by atoms with Gasteiger partial charge in [-0.2, -0.15) is 0 Å². The number of nitrogens with zero attached hydrogens (tertiary/aromatic N) is 2. The number of piperidine rings is 1. The molecule has 1 aromatic rings. The fourth-order valence-electron chi connectivity index (χ4n) is 2.80. The molecule has 1 fully saturated rings. The minimum absolute atomic E-state index is 0.0259. The Hall–Kier alpha value is -1.73. The molecular weight excluding hydrogens is 376 g/mol. The maximum absolute atomic E-state index is 12.3. The first-order chi connectivity index (χ1) is 12.4. The summed E-state index contributed by atoms with van der Waals surface area (Å²) in [6.45, 7) is 0.744. The van der Waals surface area contributed by atoms with E-state index in [1.165, 1.54) is 16.7 Å². The van der Waals surface area contributed by atoms with Crippen molar-refractivity contribution in [1.82, 2.24) is 9.80 Å². The minimum Gasteiger partial charge on any atom is -0.481 e. The number of hydrogen-bond acceptors (Lipinski definition) is 4. The third-order valence-electron chi connectivity index (χ3n) is 4.33. The van der Waals surface area contributed by atoms with Crippen LogP contribution >= 0.6 is 23.4 Å². The second-order valence-corrected chi connectivity index (χ2v) is 7.84. The Bertz CT molecular complexity index is 670. The highest BCUT2D eigenvalue weighted by molar-refractivity contribution is 7.99. The number of likely N-dealkylation sites (N-methyl/N-ethyl adjacent to an activating group) is 1. The van der Waals surface area contributed by atoms with Crippen molar-refractivity contribution >= 4 is 41.1 Å². The van der Waals surface area contributed by atoms with Crippen LogP contribution in [0.25, 0.3) is 0 Å². The van der Waals surface area contributed by atoms with Crippen molar-refractivity contribution in [3.05, 3.63) is 29.3 Å². The van der Waals surface area contributed by atoms with Gasteiger partial charge in [-0.15, -0.1) is 11.8 Å². The van der Waals surface area contributed by atoms with Crippen LogP contribution in [0.1, 0.15) is 19.3 Å². The molecule has 0 spiro atoms. The standard InChI is InChI=1S/C18H23ClN2O4S/c1-20(12-17(23)21-9-4-5-13(11-21)18(24)25)16(22)8-10-26-15-7-3-2-6-14(15)19/h2-3,6-7,13H,4-5,8-12H2,1H3,(H,24,25). The predicted octanol–water partition coefficient (Wildman–Crippen LogP) is 2.60. The van der Waals surface area contributed by atoms with E-state index in [0.717, 1.165) is 4.90 Å². The first-order valence-electron chi connectivity index (χ1n) is 8.50. The van der Waals surface area contributed by atoms with Crippen LogP contribution in [0.5, 0.6) is 0 Å². The molecule has 1 heterocycles. The predicted molar refractivity (Wildman–Crippen MR) is 101 cm³/mol. The Morgan fingerprint density at radius 2 is 2.08 bits per heavy atom. The van der Waals surface area contributed by atoms with Gasteiger partial charge in [-0.05, 0) is 25.0 Å². The molecule has 2 rings (SSSR count). The topological polar surface area (TPSA) is 77.9 Å². The number of halogens is 1. The number of aliphatic carboxylic acids is 1. The van der Waals surface area contributed by atoms with Crippen LogP contribution in [0.15, 0.2) is 29.2 Å². The van der Waals surface area contributed by atoms with Crippen LogP contribution in [0, 0.1) is 5.92 Å². The second kappa shape index (κ2) is 9.83. The number of benzene rings is 1. The van der Waals surface area contributed by atoms with Crippen LogP contribution in [0.3, 0.4) is 0 Å². The van der Waals surface area contributed by atoms with Gasteiger partial charge < -0.3 is 14.9 Å². The van der Waals surface area contributed by atoms with Crippen LogP contribution in [-0.2, 0) is 14.4 Å². The van der Waals surface area contributed by atoms with Gasteiger partial charge in [0.05, 0.1) is 17.5 Å². The lowest BCUT2D eigenvalue weighted by Gasteiger charge is -2.32. The molecule has 8 heteroatoms. The quantitative estimate of drug-likeness (QED) is 0.714. The number of carboxylic acids is 1. The monoisotopic (exact) mass is 398 g/mol. The summed E-state index contributed by atoms with van der Waals surface area (Å²) < 4.78 is 0. The van der Waals surface area contributed by atoms with E-state index < -0.39 is 11.9 Å². The molecule has 0 aliphatic carbocycles. The maximum atomic E-state index is 12.3.